The van der Waals surface area contributed by atoms with Crippen molar-refractivity contribution >= 4 is 32.7 Å². The van der Waals surface area contributed by atoms with Gasteiger partial charge in [0.15, 0.2) is 0 Å². The molecule has 196 valence electrons. The number of hydrogen-bond acceptors (Lipinski definition) is 5. The molecule has 2 amide bonds. The van der Waals surface area contributed by atoms with E-state index in [0.29, 0.717) is 18.5 Å². The number of nitrogens with zero attached hydrogens (tertiary/aromatic N) is 3. The zero-order chi connectivity index (χ0) is 27.2. The minimum absolute atomic E-state index is 0.0444. The van der Waals surface area contributed by atoms with Crippen LogP contribution < -0.4 is 10.6 Å². The first-order valence-corrected chi connectivity index (χ1v) is 13.6. The van der Waals surface area contributed by atoms with E-state index in [1.807, 2.05) is 51.2 Å². The molecule has 0 aliphatic carbocycles. The van der Waals surface area contributed by atoms with Crippen LogP contribution in [-0.4, -0.2) is 55.3 Å². The number of rotatable bonds is 11. The summed E-state index contributed by atoms with van der Waals surface area (Å²) < 4.78 is 28.7. The third-order valence-electron chi connectivity index (χ3n) is 6.16. The van der Waals surface area contributed by atoms with Crippen LogP contribution in [0.1, 0.15) is 42.7 Å². The van der Waals surface area contributed by atoms with Gasteiger partial charge in [0.25, 0.3) is 5.91 Å². The molecule has 2 aromatic carbocycles. The van der Waals surface area contributed by atoms with Crippen molar-refractivity contribution in [2.75, 3.05) is 20.1 Å². The van der Waals surface area contributed by atoms with Gasteiger partial charge in [-0.1, -0.05) is 44.2 Å². The number of carbonyl (C=O) groups is 2. The van der Waals surface area contributed by atoms with Crippen LogP contribution in [-0.2, 0) is 21.9 Å². The van der Waals surface area contributed by atoms with Crippen LogP contribution in [0.3, 0.4) is 0 Å². The lowest BCUT2D eigenvalue weighted by molar-refractivity contribution is -0.123. The van der Waals surface area contributed by atoms with Crippen LogP contribution in [0.4, 0.5) is 0 Å². The Labute approximate surface area is 218 Å². The molecule has 1 atom stereocenters. The maximum absolute atomic E-state index is 13.0. The van der Waals surface area contributed by atoms with E-state index in [1.54, 1.807) is 22.8 Å². The average molecular weight is 524 g/mol. The number of fused-ring (bicyclic) bond motifs is 1. The van der Waals surface area contributed by atoms with E-state index in [0.717, 1.165) is 10.9 Å². The highest BCUT2D eigenvalue weighted by Gasteiger charge is 2.25. The van der Waals surface area contributed by atoms with Gasteiger partial charge in [-0.2, -0.15) is 5.26 Å². The molecular weight excluding hydrogens is 490 g/mol. The van der Waals surface area contributed by atoms with E-state index in [-0.39, 0.29) is 41.3 Å². The minimum Gasteiger partial charge on any atom is -0.354 e. The molecule has 0 aliphatic rings. The standard InChI is InChI=1S/C27H33N5O4S/c1-19(2)16-22(30-27(34)24-17-20-10-5-7-12-23(20)32(24)4)26(33)29-14-9-15-31(3)37(35,36)25-13-8-6-11-21(25)18-28/h5-8,10-13,17,19,22H,9,14-16H2,1-4H3,(H,29,33)(H,30,34)/t22-/m0/s1. The summed E-state index contributed by atoms with van der Waals surface area (Å²) in [5, 5.41) is 15.9. The second-order valence-electron chi connectivity index (χ2n) is 9.38. The number of aryl methyl sites for hydroxylation is 1. The predicted octanol–water partition coefficient (Wildman–Crippen LogP) is 3.02. The Balaban J connectivity index is 1.59. The first-order valence-electron chi connectivity index (χ1n) is 12.1. The van der Waals surface area contributed by atoms with Crippen LogP contribution in [0.25, 0.3) is 10.9 Å². The Bertz CT molecular complexity index is 1420. The molecule has 0 aliphatic heterocycles. The van der Waals surface area contributed by atoms with Gasteiger partial charge in [-0.05, 0) is 43.0 Å². The van der Waals surface area contributed by atoms with Crippen LogP contribution in [0, 0.1) is 17.2 Å². The summed E-state index contributed by atoms with van der Waals surface area (Å²) in [4.78, 5) is 25.9. The molecule has 37 heavy (non-hydrogen) atoms. The number of benzene rings is 2. The van der Waals surface area contributed by atoms with Crippen LogP contribution in [0.5, 0.6) is 0 Å². The van der Waals surface area contributed by atoms with E-state index in [2.05, 4.69) is 10.6 Å². The molecule has 0 radical (unpaired) electrons. The lowest BCUT2D eigenvalue weighted by Crippen LogP contribution is -2.48. The maximum Gasteiger partial charge on any atom is 0.268 e. The molecule has 0 saturated carbocycles. The van der Waals surface area contributed by atoms with Crippen LogP contribution in [0.2, 0.25) is 0 Å². The van der Waals surface area contributed by atoms with Gasteiger partial charge in [0.1, 0.15) is 17.8 Å². The Hall–Kier alpha value is -3.68. The smallest absolute Gasteiger partial charge is 0.268 e. The van der Waals surface area contributed by atoms with Crippen molar-refractivity contribution < 1.29 is 18.0 Å². The summed E-state index contributed by atoms with van der Waals surface area (Å²) >= 11 is 0. The molecule has 1 aromatic heterocycles. The fourth-order valence-electron chi connectivity index (χ4n) is 4.15. The average Bonchev–Trinajstić information content (AvgIpc) is 3.22. The van der Waals surface area contributed by atoms with Crippen molar-refractivity contribution in [3.63, 3.8) is 0 Å². The number of hydrogen-bond donors (Lipinski definition) is 2. The molecule has 1 heterocycles. The number of para-hydroxylation sites is 1. The van der Waals surface area contributed by atoms with Crippen molar-refractivity contribution in [2.24, 2.45) is 13.0 Å². The third kappa shape index (κ3) is 6.56. The molecule has 0 spiro atoms. The zero-order valence-electron chi connectivity index (χ0n) is 21.6. The summed E-state index contributed by atoms with van der Waals surface area (Å²) in [5.74, 6) is -0.484. The van der Waals surface area contributed by atoms with E-state index < -0.39 is 16.1 Å². The lowest BCUT2D eigenvalue weighted by Gasteiger charge is -2.21. The SMILES string of the molecule is CC(C)C[C@H](NC(=O)c1cc2ccccc2n1C)C(=O)NCCCN(C)S(=O)(=O)c1ccccc1C#N. The normalized spacial score (nSPS) is 12.5. The molecule has 0 unspecified atom stereocenters. The fraction of sp³-hybridized carbons (Fsp3) is 0.370. The van der Waals surface area contributed by atoms with E-state index in [4.69, 9.17) is 0 Å². The number of nitrogens with one attached hydrogen (secondary N) is 2. The Morgan fingerprint density at radius 1 is 1.11 bits per heavy atom. The molecule has 0 bridgehead atoms. The highest BCUT2D eigenvalue weighted by atomic mass is 32.2. The molecule has 3 rings (SSSR count). The van der Waals surface area contributed by atoms with Gasteiger partial charge in [0.2, 0.25) is 15.9 Å². The van der Waals surface area contributed by atoms with E-state index in [9.17, 15) is 23.3 Å². The Kier molecular flexibility index (Phi) is 9.08. The van der Waals surface area contributed by atoms with Gasteiger partial charge in [-0.25, -0.2) is 12.7 Å². The van der Waals surface area contributed by atoms with Gasteiger partial charge in [-0.15, -0.1) is 0 Å². The lowest BCUT2D eigenvalue weighted by atomic mass is 10.0. The number of sulfonamides is 1. The van der Waals surface area contributed by atoms with Gasteiger partial charge in [-0.3, -0.25) is 9.59 Å². The second-order valence-corrected chi connectivity index (χ2v) is 11.4. The first-order chi connectivity index (χ1) is 17.6. The monoisotopic (exact) mass is 523 g/mol. The van der Waals surface area contributed by atoms with Crippen molar-refractivity contribution in [2.45, 2.75) is 37.6 Å². The summed E-state index contributed by atoms with van der Waals surface area (Å²) in [5.41, 5.74) is 1.47. The summed E-state index contributed by atoms with van der Waals surface area (Å²) in [6.07, 6.45) is 0.822. The molecule has 10 heteroatoms. The van der Waals surface area contributed by atoms with E-state index >= 15 is 0 Å². The first kappa shape index (κ1) is 27.9. The molecule has 3 aromatic rings. The molecule has 0 saturated heterocycles. The number of nitriles is 1. The van der Waals surface area contributed by atoms with Gasteiger partial charge in [0, 0.05) is 38.1 Å². The molecule has 9 nitrogen and oxygen atoms in total. The number of carbonyl (C=O) groups excluding carboxylic acids is 2. The van der Waals surface area contributed by atoms with Crippen LogP contribution in [0.15, 0.2) is 59.5 Å². The summed E-state index contributed by atoms with van der Waals surface area (Å²) in [6, 6.07) is 16.7. The van der Waals surface area contributed by atoms with Crippen LogP contribution >= 0.6 is 0 Å². The highest BCUT2D eigenvalue weighted by Crippen LogP contribution is 2.20. The fourth-order valence-corrected chi connectivity index (χ4v) is 5.50. The predicted molar refractivity (Wildman–Crippen MR) is 142 cm³/mol. The molecule has 0 fully saturated rings. The minimum atomic E-state index is -3.84. The topological polar surface area (TPSA) is 124 Å². The summed E-state index contributed by atoms with van der Waals surface area (Å²) in [6.45, 7) is 4.33. The van der Waals surface area contributed by atoms with Crippen molar-refractivity contribution in [1.82, 2.24) is 19.5 Å². The van der Waals surface area contributed by atoms with Crippen molar-refractivity contribution in [3.8, 4) is 6.07 Å². The Morgan fingerprint density at radius 2 is 1.78 bits per heavy atom. The molecular formula is C27H33N5O4S. The second kappa shape index (κ2) is 12.0. The maximum atomic E-state index is 13.0. The third-order valence-corrected chi connectivity index (χ3v) is 8.07. The zero-order valence-corrected chi connectivity index (χ0v) is 22.4. The summed E-state index contributed by atoms with van der Waals surface area (Å²) in [7, 11) is -0.582. The van der Waals surface area contributed by atoms with Crippen molar-refractivity contribution in [3.05, 3.63) is 65.9 Å². The highest BCUT2D eigenvalue weighted by molar-refractivity contribution is 7.89. The van der Waals surface area contributed by atoms with Gasteiger partial charge >= 0.3 is 0 Å². The van der Waals surface area contributed by atoms with Crippen molar-refractivity contribution in [1.29, 1.82) is 5.26 Å². The number of amides is 2. The molecule has 2 N–H and O–H groups in total. The van der Waals surface area contributed by atoms with Gasteiger partial charge < -0.3 is 15.2 Å². The number of aromatic nitrogens is 1. The van der Waals surface area contributed by atoms with E-state index in [1.165, 1.54) is 23.5 Å². The largest absolute Gasteiger partial charge is 0.354 e. The van der Waals surface area contributed by atoms with Gasteiger partial charge in [0.05, 0.1) is 10.5 Å². The Morgan fingerprint density at radius 3 is 2.46 bits per heavy atom. The quantitative estimate of drug-likeness (QED) is 0.374.